The van der Waals surface area contributed by atoms with Gasteiger partial charge in [-0.25, -0.2) is 0 Å². The first kappa shape index (κ1) is 21.0. The van der Waals surface area contributed by atoms with Crippen LogP contribution in [0, 0.1) is 0 Å². The minimum atomic E-state index is -2.94. The molecule has 6 nitrogen and oxygen atoms in total. The molecule has 0 N–H and O–H groups in total. The van der Waals surface area contributed by atoms with Crippen LogP contribution in [0.5, 0.6) is 23.0 Å². The molecule has 1 amide bonds. The Morgan fingerprint density at radius 2 is 1.94 bits per heavy atom. The number of benzene rings is 2. The van der Waals surface area contributed by atoms with E-state index in [9.17, 15) is 13.6 Å². The van der Waals surface area contributed by atoms with E-state index in [1.807, 2.05) is 23.1 Å². The van der Waals surface area contributed by atoms with Gasteiger partial charge in [0.2, 0.25) is 5.91 Å². The van der Waals surface area contributed by atoms with Gasteiger partial charge in [-0.3, -0.25) is 4.79 Å². The highest BCUT2D eigenvalue weighted by Crippen LogP contribution is 2.38. The van der Waals surface area contributed by atoms with E-state index in [0.717, 1.165) is 24.2 Å². The van der Waals surface area contributed by atoms with Crippen LogP contribution in [-0.4, -0.2) is 44.3 Å². The number of alkyl halides is 2. The number of nitrogens with zero attached hydrogens (tertiary/aromatic N) is 1. The standard InChI is InChI=1S/C23H23F2NO5/c1-28-20-13-15(4-7-19(20)31-23(24)25)5-9-22(27)26-10-2-3-17(26)16-6-8-18-21(14-16)30-12-11-29-18/h4-9,13-14,17,23H,2-3,10-12H2,1H3/b9-5+/t17-/m1/s1. The number of carbonyl (C=O) groups excluding carboxylic acids is 1. The van der Waals surface area contributed by atoms with Gasteiger partial charge in [-0.05, 0) is 54.3 Å². The van der Waals surface area contributed by atoms with Crippen LogP contribution in [0.1, 0.15) is 30.0 Å². The summed E-state index contributed by atoms with van der Waals surface area (Å²) in [6.07, 6.45) is 4.90. The first-order chi connectivity index (χ1) is 15.0. The van der Waals surface area contributed by atoms with Gasteiger partial charge in [-0.15, -0.1) is 0 Å². The number of carbonyl (C=O) groups is 1. The monoisotopic (exact) mass is 431 g/mol. The molecule has 2 aromatic rings. The maximum atomic E-state index is 12.9. The molecule has 1 saturated heterocycles. The molecule has 0 aromatic heterocycles. The van der Waals surface area contributed by atoms with Crippen LogP contribution in [0.4, 0.5) is 8.78 Å². The van der Waals surface area contributed by atoms with Gasteiger partial charge in [0.25, 0.3) is 0 Å². The van der Waals surface area contributed by atoms with E-state index in [4.69, 9.17) is 14.2 Å². The van der Waals surface area contributed by atoms with E-state index in [2.05, 4.69) is 4.74 Å². The van der Waals surface area contributed by atoms with E-state index >= 15 is 0 Å². The van der Waals surface area contributed by atoms with E-state index in [-0.39, 0.29) is 23.4 Å². The second kappa shape index (κ2) is 9.24. The molecule has 2 aliphatic heterocycles. The van der Waals surface area contributed by atoms with Gasteiger partial charge in [0, 0.05) is 12.6 Å². The molecule has 31 heavy (non-hydrogen) atoms. The van der Waals surface area contributed by atoms with Crippen LogP contribution in [0.3, 0.4) is 0 Å². The van der Waals surface area contributed by atoms with E-state index in [1.54, 1.807) is 18.2 Å². The van der Waals surface area contributed by atoms with Crippen molar-refractivity contribution in [1.82, 2.24) is 4.90 Å². The summed E-state index contributed by atoms with van der Waals surface area (Å²) in [6, 6.07) is 10.3. The summed E-state index contributed by atoms with van der Waals surface area (Å²) in [5.74, 6) is 1.42. The van der Waals surface area contributed by atoms with Crippen LogP contribution in [0.15, 0.2) is 42.5 Å². The Morgan fingerprint density at radius 3 is 2.71 bits per heavy atom. The molecule has 0 aliphatic carbocycles. The zero-order valence-electron chi connectivity index (χ0n) is 17.1. The lowest BCUT2D eigenvalue weighted by molar-refractivity contribution is -0.126. The average molecular weight is 431 g/mol. The molecule has 0 radical (unpaired) electrons. The lowest BCUT2D eigenvalue weighted by Gasteiger charge is -2.26. The Bertz CT molecular complexity index is 978. The Kier molecular flexibility index (Phi) is 6.25. The van der Waals surface area contributed by atoms with Crippen LogP contribution in [-0.2, 0) is 4.79 Å². The van der Waals surface area contributed by atoms with Crippen molar-refractivity contribution >= 4 is 12.0 Å². The second-order valence-electron chi connectivity index (χ2n) is 7.21. The lowest BCUT2D eigenvalue weighted by atomic mass is 10.0. The highest BCUT2D eigenvalue weighted by molar-refractivity contribution is 5.92. The minimum Gasteiger partial charge on any atom is -0.493 e. The highest BCUT2D eigenvalue weighted by Gasteiger charge is 2.29. The summed E-state index contributed by atoms with van der Waals surface area (Å²) < 4.78 is 45.7. The SMILES string of the molecule is COc1cc(/C=C/C(=O)N2CCC[C@@H]2c2ccc3c(c2)OCCO3)ccc1OC(F)F. The number of hydrogen-bond acceptors (Lipinski definition) is 5. The quantitative estimate of drug-likeness (QED) is 0.633. The van der Waals surface area contributed by atoms with Gasteiger partial charge in [0.1, 0.15) is 13.2 Å². The van der Waals surface area contributed by atoms with E-state index in [0.29, 0.717) is 31.1 Å². The topological polar surface area (TPSA) is 57.2 Å². The molecule has 0 bridgehead atoms. The summed E-state index contributed by atoms with van der Waals surface area (Å²) >= 11 is 0. The fourth-order valence-corrected chi connectivity index (χ4v) is 3.89. The number of hydrogen-bond donors (Lipinski definition) is 0. The average Bonchev–Trinajstić information content (AvgIpc) is 3.27. The number of amides is 1. The van der Waals surface area contributed by atoms with Crippen molar-refractivity contribution in [2.45, 2.75) is 25.5 Å². The molecule has 0 unspecified atom stereocenters. The molecule has 2 aliphatic rings. The lowest BCUT2D eigenvalue weighted by Crippen LogP contribution is -2.29. The minimum absolute atomic E-state index is 0.0377. The summed E-state index contributed by atoms with van der Waals surface area (Å²) in [5, 5.41) is 0. The fourth-order valence-electron chi connectivity index (χ4n) is 3.89. The summed E-state index contributed by atoms with van der Waals surface area (Å²) in [5.41, 5.74) is 1.65. The molecule has 164 valence electrons. The van der Waals surface area contributed by atoms with Crippen molar-refractivity contribution in [3.63, 3.8) is 0 Å². The molecule has 0 saturated carbocycles. The molecular weight excluding hydrogens is 408 g/mol. The third kappa shape index (κ3) is 4.73. The van der Waals surface area contributed by atoms with Crippen molar-refractivity contribution in [2.24, 2.45) is 0 Å². The van der Waals surface area contributed by atoms with Crippen LogP contribution in [0.25, 0.3) is 6.08 Å². The number of methoxy groups -OCH3 is 1. The summed E-state index contributed by atoms with van der Waals surface area (Å²) in [4.78, 5) is 14.7. The molecule has 8 heteroatoms. The Morgan fingerprint density at radius 1 is 1.13 bits per heavy atom. The molecular formula is C23H23F2NO5. The van der Waals surface area contributed by atoms with Crippen LogP contribution < -0.4 is 18.9 Å². The number of rotatable bonds is 6. The number of fused-ring (bicyclic) bond motifs is 1. The maximum Gasteiger partial charge on any atom is 0.387 e. The number of ether oxygens (including phenoxy) is 4. The van der Waals surface area contributed by atoms with Crippen molar-refractivity contribution in [3.8, 4) is 23.0 Å². The largest absolute Gasteiger partial charge is 0.493 e. The van der Waals surface area contributed by atoms with Crippen LogP contribution >= 0.6 is 0 Å². The zero-order chi connectivity index (χ0) is 21.8. The molecule has 4 rings (SSSR count). The van der Waals surface area contributed by atoms with Gasteiger partial charge in [0.15, 0.2) is 23.0 Å². The highest BCUT2D eigenvalue weighted by atomic mass is 19.3. The van der Waals surface area contributed by atoms with Crippen molar-refractivity contribution in [1.29, 1.82) is 0 Å². The molecule has 0 spiro atoms. The van der Waals surface area contributed by atoms with Gasteiger partial charge in [-0.2, -0.15) is 8.78 Å². The summed E-state index contributed by atoms with van der Waals surface area (Å²) in [6.45, 7) is -1.24. The summed E-state index contributed by atoms with van der Waals surface area (Å²) in [7, 11) is 1.37. The normalized spacial score (nSPS) is 17.9. The number of likely N-dealkylation sites (tertiary alicyclic amines) is 1. The third-order valence-electron chi connectivity index (χ3n) is 5.31. The number of halogens is 2. The van der Waals surface area contributed by atoms with Gasteiger partial charge < -0.3 is 23.8 Å². The first-order valence-corrected chi connectivity index (χ1v) is 10.1. The maximum absolute atomic E-state index is 12.9. The second-order valence-corrected chi connectivity index (χ2v) is 7.21. The molecule has 2 aromatic carbocycles. The van der Waals surface area contributed by atoms with Crippen molar-refractivity contribution in [2.75, 3.05) is 26.9 Å². The first-order valence-electron chi connectivity index (χ1n) is 10.1. The predicted molar refractivity (Wildman–Crippen MR) is 110 cm³/mol. The Hall–Kier alpha value is -3.29. The predicted octanol–water partition coefficient (Wildman–Crippen LogP) is 4.44. The third-order valence-corrected chi connectivity index (χ3v) is 5.31. The van der Waals surface area contributed by atoms with E-state index in [1.165, 1.54) is 19.3 Å². The van der Waals surface area contributed by atoms with Crippen LogP contribution in [0.2, 0.25) is 0 Å². The van der Waals surface area contributed by atoms with Gasteiger partial charge >= 0.3 is 6.61 Å². The van der Waals surface area contributed by atoms with Gasteiger partial charge in [-0.1, -0.05) is 12.1 Å². The van der Waals surface area contributed by atoms with E-state index < -0.39 is 6.61 Å². The molecule has 2 heterocycles. The molecule has 1 atom stereocenters. The Labute approximate surface area is 179 Å². The molecule has 1 fully saturated rings. The zero-order valence-corrected chi connectivity index (χ0v) is 17.1. The van der Waals surface area contributed by atoms with Crippen molar-refractivity contribution < 1.29 is 32.5 Å². The van der Waals surface area contributed by atoms with Crippen molar-refractivity contribution in [3.05, 3.63) is 53.6 Å². The smallest absolute Gasteiger partial charge is 0.387 e. The fraction of sp³-hybridized carbons (Fsp3) is 0.348. The Balaban J connectivity index is 1.48. The van der Waals surface area contributed by atoms with Gasteiger partial charge in [0.05, 0.1) is 13.2 Å².